The summed E-state index contributed by atoms with van der Waals surface area (Å²) in [7, 11) is 1.62. The third-order valence-electron chi connectivity index (χ3n) is 4.56. The van der Waals surface area contributed by atoms with E-state index in [0.29, 0.717) is 18.9 Å². The number of benzene rings is 2. The van der Waals surface area contributed by atoms with Crippen molar-refractivity contribution in [2.75, 3.05) is 62.0 Å². The summed E-state index contributed by atoms with van der Waals surface area (Å²) >= 11 is 0. The van der Waals surface area contributed by atoms with Crippen LogP contribution in [-0.4, -0.2) is 63.2 Å². The second kappa shape index (κ2) is 10.1. The van der Waals surface area contributed by atoms with Crippen LogP contribution in [0.1, 0.15) is 0 Å². The van der Waals surface area contributed by atoms with Crippen molar-refractivity contribution in [3.05, 3.63) is 54.1 Å². The molecule has 2 N–H and O–H groups in total. The molecule has 30 heavy (non-hydrogen) atoms. The van der Waals surface area contributed by atoms with Gasteiger partial charge in [0.1, 0.15) is 0 Å². The van der Waals surface area contributed by atoms with Crippen molar-refractivity contribution in [1.82, 2.24) is 4.90 Å². The van der Waals surface area contributed by atoms with Crippen molar-refractivity contribution in [3.8, 4) is 0 Å². The van der Waals surface area contributed by atoms with E-state index in [9.17, 15) is 18.4 Å². The zero-order chi connectivity index (χ0) is 21.5. The molecule has 1 saturated heterocycles. The van der Waals surface area contributed by atoms with Gasteiger partial charge in [0.15, 0.2) is 11.6 Å². The highest BCUT2D eigenvalue weighted by molar-refractivity contribution is 5.94. The van der Waals surface area contributed by atoms with Crippen LogP contribution in [0.4, 0.5) is 25.8 Å². The lowest BCUT2D eigenvalue weighted by atomic mass is 10.2. The topological polar surface area (TPSA) is 73.9 Å². The highest BCUT2D eigenvalue weighted by atomic mass is 19.2. The summed E-state index contributed by atoms with van der Waals surface area (Å²) in [5.41, 5.74) is 1.89. The molecule has 160 valence electrons. The van der Waals surface area contributed by atoms with Gasteiger partial charge in [0, 0.05) is 36.2 Å². The SMILES string of the molecule is CN(CC(=O)Nc1ccc(N2CCOCC2)cc1)CC(=O)Nc1ccc(F)c(F)c1. The fourth-order valence-corrected chi connectivity index (χ4v) is 3.10. The Kier molecular flexibility index (Phi) is 7.31. The number of hydrogen-bond acceptors (Lipinski definition) is 5. The lowest BCUT2D eigenvalue weighted by Gasteiger charge is -2.28. The van der Waals surface area contributed by atoms with Crippen LogP contribution in [0.5, 0.6) is 0 Å². The summed E-state index contributed by atoms with van der Waals surface area (Å²) in [6.45, 7) is 2.99. The maximum Gasteiger partial charge on any atom is 0.238 e. The first-order chi connectivity index (χ1) is 14.4. The van der Waals surface area contributed by atoms with E-state index in [4.69, 9.17) is 4.74 Å². The molecule has 0 saturated carbocycles. The van der Waals surface area contributed by atoms with E-state index in [-0.39, 0.29) is 24.7 Å². The number of carbonyl (C=O) groups excluding carboxylic acids is 2. The van der Waals surface area contributed by atoms with Gasteiger partial charge in [-0.1, -0.05) is 0 Å². The zero-order valence-corrected chi connectivity index (χ0v) is 16.7. The van der Waals surface area contributed by atoms with E-state index in [2.05, 4.69) is 15.5 Å². The van der Waals surface area contributed by atoms with E-state index in [0.717, 1.165) is 30.9 Å². The summed E-state index contributed by atoms with van der Waals surface area (Å²) in [6, 6.07) is 10.7. The molecule has 2 aromatic carbocycles. The highest BCUT2D eigenvalue weighted by Crippen LogP contribution is 2.19. The Balaban J connectivity index is 1.44. The Morgan fingerprint density at radius 1 is 0.933 bits per heavy atom. The summed E-state index contributed by atoms with van der Waals surface area (Å²) in [5.74, 6) is -2.73. The Labute approximate surface area is 173 Å². The molecule has 1 fully saturated rings. The van der Waals surface area contributed by atoms with Gasteiger partial charge in [0.2, 0.25) is 11.8 Å². The number of likely N-dealkylation sites (N-methyl/N-ethyl adjacent to an activating group) is 1. The fourth-order valence-electron chi connectivity index (χ4n) is 3.10. The van der Waals surface area contributed by atoms with Crippen molar-refractivity contribution in [2.24, 2.45) is 0 Å². The smallest absolute Gasteiger partial charge is 0.238 e. The van der Waals surface area contributed by atoms with E-state index >= 15 is 0 Å². The van der Waals surface area contributed by atoms with Crippen LogP contribution >= 0.6 is 0 Å². The van der Waals surface area contributed by atoms with Gasteiger partial charge in [-0.25, -0.2) is 8.78 Å². The molecule has 0 bridgehead atoms. The lowest BCUT2D eigenvalue weighted by Crippen LogP contribution is -2.36. The molecule has 7 nitrogen and oxygen atoms in total. The normalized spacial score (nSPS) is 13.9. The Morgan fingerprint density at radius 2 is 1.50 bits per heavy atom. The largest absolute Gasteiger partial charge is 0.378 e. The maximum absolute atomic E-state index is 13.2. The van der Waals surface area contributed by atoms with Crippen LogP contribution in [0.25, 0.3) is 0 Å². The molecule has 2 aromatic rings. The first kappa shape index (κ1) is 21.7. The van der Waals surface area contributed by atoms with E-state index < -0.39 is 17.5 Å². The number of halogens is 2. The first-order valence-electron chi connectivity index (χ1n) is 9.57. The van der Waals surface area contributed by atoms with Crippen LogP contribution in [0.15, 0.2) is 42.5 Å². The monoisotopic (exact) mass is 418 g/mol. The molecule has 0 aliphatic carbocycles. The van der Waals surface area contributed by atoms with Crippen LogP contribution < -0.4 is 15.5 Å². The van der Waals surface area contributed by atoms with E-state index in [1.54, 1.807) is 7.05 Å². The van der Waals surface area contributed by atoms with E-state index in [1.165, 1.54) is 11.0 Å². The van der Waals surface area contributed by atoms with Crippen LogP contribution in [0.2, 0.25) is 0 Å². The zero-order valence-electron chi connectivity index (χ0n) is 16.7. The van der Waals surface area contributed by atoms with Gasteiger partial charge in [-0.05, 0) is 43.4 Å². The second-order valence-corrected chi connectivity index (χ2v) is 7.04. The number of carbonyl (C=O) groups is 2. The minimum atomic E-state index is -1.04. The maximum atomic E-state index is 13.2. The molecule has 2 amide bonds. The van der Waals surface area contributed by atoms with Crippen LogP contribution in [0.3, 0.4) is 0 Å². The van der Waals surface area contributed by atoms with Crippen LogP contribution in [0, 0.1) is 11.6 Å². The predicted molar refractivity (Wildman–Crippen MR) is 111 cm³/mol. The Hall–Kier alpha value is -3.04. The van der Waals surface area contributed by atoms with Gasteiger partial charge in [-0.3, -0.25) is 14.5 Å². The third kappa shape index (κ3) is 6.23. The summed E-state index contributed by atoms with van der Waals surface area (Å²) < 4.78 is 31.5. The summed E-state index contributed by atoms with van der Waals surface area (Å²) in [5, 5.41) is 5.26. The molecule has 1 aliphatic heterocycles. The van der Waals surface area contributed by atoms with Gasteiger partial charge in [0.05, 0.1) is 26.3 Å². The number of anilines is 3. The van der Waals surface area contributed by atoms with Gasteiger partial charge in [-0.2, -0.15) is 0 Å². The number of ether oxygens (including phenoxy) is 1. The molecule has 3 rings (SSSR count). The van der Waals surface area contributed by atoms with Crippen molar-refractivity contribution >= 4 is 28.9 Å². The van der Waals surface area contributed by atoms with Crippen molar-refractivity contribution in [3.63, 3.8) is 0 Å². The minimum Gasteiger partial charge on any atom is -0.378 e. The molecule has 1 heterocycles. The minimum absolute atomic E-state index is 0.00356. The number of amides is 2. The number of rotatable bonds is 7. The van der Waals surface area contributed by atoms with Crippen molar-refractivity contribution in [1.29, 1.82) is 0 Å². The average molecular weight is 418 g/mol. The molecule has 9 heteroatoms. The van der Waals surface area contributed by atoms with Gasteiger partial charge in [-0.15, -0.1) is 0 Å². The van der Waals surface area contributed by atoms with Crippen molar-refractivity contribution in [2.45, 2.75) is 0 Å². The number of morpholine rings is 1. The lowest BCUT2D eigenvalue weighted by molar-refractivity contribution is -0.119. The third-order valence-corrected chi connectivity index (χ3v) is 4.56. The molecular weight excluding hydrogens is 394 g/mol. The summed E-state index contributed by atoms with van der Waals surface area (Å²) in [4.78, 5) is 28.0. The first-order valence-corrected chi connectivity index (χ1v) is 9.57. The summed E-state index contributed by atoms with van der Waals surface area (Å²) in [6.07, 6.45) is 0. The number of hydrogen-bond donors (Lipinski definition) is 2. The molecule has 0 aromatic heterocycles. The Morgan fingerprint density at radius 3 is 2.10 bits per heavy atom. The van der Waals surface area contributed by atoms with Gasteiger partial charge >= 0.3 is 0 Å². The molecule has 0 atom stereocenters. The quantitative estimate of drug-likeness (QED) is 0.722. The van der Waals surface area contributed by atoms with Gasteiger partial charge < -0.3 is 20.3 Å². The van der Waals surface area contributed by atoms with Crippen molar-refractivity contribution < 1.29 is 23.1 Å². The molecule has 0 spiro atoms. The molecular formula is C21H24F2N4O3. The van der Waals surface area contributed by atoms with Crippen LogP contribution in [-0.2, 0) is 14.3 Å². The molecule has 0 unspecified atom stereocenters. The molecule has 1 aliphatic rings. The standard InChI is InChI=1S/C21H24F2N4O3/c1-26(14-21(29)25-16-4-7-18(22)19(23)12-16)13-20(28)24-15-2-5-17(6-3-15)27-8-10-30-11-9-27/h2-7,12H,8-11,13-14H2,1H3,(H,24,28)(H,25,29). The van der Waals surface area contributed by atoms with Gasteiger partial charge in [0.25, 0.3) is 0 Å². The average Bonchev–Trinajstić information content (AvgIpc) is 2.71. The number of nitrogens with zero attached hydrogens (tertiary/aromatic N) is 2. The highest BCUT2D eigenvalue weighted by Gasteiger charge is 2.14. The number of nitrogens with one attached hydrogen (secondary N) is 2. The predicted octanol–water partition coefficient (Wildman–Crippen LogP) is 2.31. The van der Waals surface area contributed by atoms with E-state index in [1.807, 2.05) is 24.3 Å². The molecule has 0 radical (unpaired) electrons. The fraction of sp³-hybridized carbons (Fsp3) is 0.333. The second-order valence-electron chi connectivity index (χ2n) is 7.04. The Bertz CT molecular complexity index is 886.